The number of fused-ring (bicyclic) bond motifs is 1. The number of sulfone groups is 1. The number of benzene rings is 1. The van der Waals surface area contributed by atoms with Gasteiger partial charge in [-0.25, -0.2) is 8.42 Å². The number of hydrogen-bond acceptors (Lipinski definition) is 4. The lowest BCUT2D eigenvalue weighted by atomic mass is 9.99. The van der Waals surface area contributed by atoms with Gasteiger partial charge in [0.25, 0.3) is 0 Å². The van der Waals surface area contributed by atoms with Crippen molar-refractivity contribution in [2.45, 2.75) is 64.0 Å². The number of carbonyl (C=O) groups excluding carboxylic acids is 1. The Morgan fingerprint density at radius 3 is 2.63 bits per heavy atom. The lowest BCUT2D eigenvalue weighted by Crippen LogP contribution is -2.51. The average Bonchev–Trinajstić information content (AvgIpc) is 3.25. The van der Waals surface area contributed by atoms with Gasteiger partial charge in [0, 0.05) is 24.3 Å². The highest BCUT2D eigenvalue weighted by molar-refractivity contribution is 7.91. The van der Waals surface area contributed by atoms with Crippen LogP contribution < -0.4 is 4.90 Å². The van der Waals surface area contributed by atoms with Crippen LogP contribution in [0.4, 0.5) is 5.69 Å². The molecular weight excluding hydrogens is 360 g/mol. The zero-order valence-corrected chi connectivity index (χ0v) is 17.0. The fourth-order valence-corrected chi connectivity index (χ4v) is 6.81. The predicted molar refractivity (Wildman–Crippen MR) is 108 cm³/mol. The maximum atomic E-state index is 13.4. The molecule has 5 nitrogen and oxygen atoms in total. The summed E-state index contributed by atoms with van der Waals surface area (Å²) in [6, 6.07) is 6.56. The van der Waals surface area contributed by atoms with E-state index in [1.807, 2.05) is 4.90 Å². The molecule has 27 heavy (non-hydrogen) atoms. The Balaban J connectivity index is 1.54. The largest absolute Gasteiger partial charge is 0.362 e. The molecule has 4 rings (SSSR count). The van der Waals surface area contributed by atoms with Crippen molar-refractivity contribution < 1.29 is 13.2 Å². The highest BCUT2D eigenvalue weighted by Crippen LogP contribution is 2.31. The van der Waals surface area contributed by atoms with Gasteiger partial charge in [0.1, 0.15) is 0 Å². The first-order chi connectivity index (χ1) is 12.9. The van der Waals surface area contributed by atoms with Gasteiger partial charge in [-0.15, -0.1) is 0 Å². The van der Waals surface area contributed by atoms with Crippen LogP contribution in [-0.4, -0.2) is 55.9 Å². The van der Waals surface area contributed by atoms with Crippen LogP contribution in [0.3, 0.4) is 0 Å². The second-order valence-corrected chi connectivity index (χ2v) is 10.7. The van der Waals surface area contributed by atoms with Crippen molar-refractivity contribution in [3.63, 3.8) is 0 Å². The first kappa shape index (κ1) is 18.8. The molecule has 1 saturated heterocycles. The standard InChI is InChI=1S/C21H30N2O3S/c1-16-8-9-20-17(13-16)5-4-11-22(20)14-21(24)23(18-6-2-3-7-18)19-10-12-27(25,26)15-19/h8-9,13,18-19H,2-7,10-12,14-15H2,1H3/t19-/m0/s1. The maximum Gasteiger partial charge on any atom is 0.242 e. The van der Waals surface area contributed by atoms with E-state index in [4.69, 9.17) is 0 Å². The van der Waals surface area contributed by atoms with Crippen LogP contribution in [0.1, 0.15) is 49.7 Å². The third-order valence-electron chi connectivity index (χ3n) is 6.38. The van der Waals surface area contributed by atoms with Gasteiger partial charge in [-0.05, 0) is 50.7 Å². The first-order valence-electron chi connectivity index (χ1n) is 10.3. The number of rotatable bonds is 4. The third-order valence-corrected chi connectivity index (χ3v) is 8.13. The molecule has 1 aromatic carbocycles. The Hall–Kier alpha value is -1.56. The molecular formula is C21H30N2O3S. The highest BCUT2D eigenvalue weighted by Gasteiger charge is 2.39. The van der Waals surface area contributed by atoms with Gasteiger partial charge in [-0.3, -0.25) is 4.79 Å². The van der Waals surface area contributed by atoms with Crippen LogP contribution >= 0.6 is 0 Å². The topological polar surface area (TPSA) is 57.7 Å². The Morgan fingerprint density at radius 1 is 1.15 bits per heavy atom. The molecule has 1 atom stereocenters. The van der Waals surface area contributed by atoms with Crippen molar-refractivity contribution in [1.29, 1.82) is 0 Å². The van der Waals surface area contributed by atoms with E-state index in [1.165, 1.54) is 16.8 Å². The summed E-state index contributed by atoms with van der Waals surface area (Å²) in [5.41, 5.74) is 3.75. The van der Waals surface area contributed by atoms with Crippen LogP contribution in [0, 0.1) is 6.92 Å². The van der Waals surface area contributed by atoms with E-state index in [9.17, 15) is 13.2 Å². The molecule has 2 fully saturated rings. The molecule has 1 aromatic rings. The second-order valence-electron chi connectivity index (χ2n) is 8.45. The minimum absolute atomic E-state index is 0.109. The summed E-state index contributed by atoms with van der Waals surface area (Å²) in [5, 5.41) is 0. The second kappa shape index (κ2) is 7.46. The van der Waals surface area contributed by atoms with E-state index < -0.39 is 9.84 Å². The van der Waals surface area contributed by atoms with Gasteiger partial charge in [0.15, 0.2) is 9.84 Å². The van der Waals surface area contributed by atoms with E-state index in [2.05, 4.69) is 30.0 Å². The van der Waals surface area contributed by atoms with Crippen molar-refractivity contribution in [2.75, 3.05) is 29.5 Å². The molecule has 0 spiro atoms. The van der Waals surface area contributed by atoms with E-state index in [1.54, 1.807) is 0 Å². The quantitative estimate of drug-likeness (QED) is 0.793. The molecule has 0 aromatic heterocycles. The summed E-state index contributed by atoms with van der Waals surface area (Å²) in [6.45, 7) is 3.36. The fourth-order valence-electron chi connectivity index (χ4n) is 5.10. The molecule has 6 heteroatoms. The maximum absolute atomic E-state index is 13.4. The van der Waals surface area contributed by atoms with Crippen molar-refractivity contribution >= 4 is 21.4 Å². The number of amides is 1. The Labute approximate surface area is 162 Å². The summed E-state index contributed by atoms with van der Waals surface area (Å²) >= 11 is 0. The zero-order valence-electron chi connectivity index (χ0n) is 16.2. The lowest BCUT2D eigenvalue weighted by Gasteiger charge is -2.38. The highest BCUT2D eigenvalue weighted by atomic mass is 32.2. The molecule has 148 valence electrons. The van der Waals surface area contributed by atoms with Gasteiger partial charge in [-0.1, -0.05) is 30.5 Å². The van der Waals surface area contributed by atoms with Crippen molar-refractivity contribution in [2.24, 2.45) is 0 Å². The number of anilines is 1. The molecule has 1 saturated carbocycles. The molecule has 0 radical (unpaired) electrons. The first-order valence-corrected chi connectivity index (χ1v) is 12.1. The van der Waals surface area contributed by atoms with Crippen LogP contribution in [0.15, 0.2) is 18.2 Å². The number of carbonyl (C=O) groups is 1. The molecule has 0 bridgehead atoms. The monoisotopic (exact) mass is 390 g/mol. The van der Waals surface area contributed by atoms with Crippen LogP contribution in [-0.2, 0) is 21.1 Å². The Bertz CT molecular complexity index is 815. The number of nitrogens with zero attached hydrogens (tertiary/aromatic N) is 2. The van der Waals surface area contributed by atoms with Crippen molar-refractivity contribution in [1.82, 2.24) is 4.90 Å². The summed E-state index contributed by atoms with van der Waals surface area (Å²) in [4.78, 5) is 17.5. The molecule has 2 aliphatic heterocycles. The number of hydrogen-bond donors (Lipinski definition) is 0. The van der Waals surface area contributed by atoms with Gasteiger partial charge in [-0.2, -0.15) is 0 Å². The summed E-state index contributed by atoms with van der Waals surface area (Å²) in [5.74, 6) is 0.475. The average molecular weight is 391 g/mol. The van der Waals surface area contributed by atoms with Crippen LogP contribution in [0.25, 0.3) is 0 Å². The van der Waals surface area contributed by atoms with E-state index in [0.29, 0.717) is 13.0 Å². The van der Waals surface area contributed by atoms with Crippen LogP contribution in [0.2, 0.25) is 0 Å². The lowest BCUT2D eigenvalue weighted by molar-refractivity contribution is -0.134. The Morgan fingerprint density at radius 2 is 1.93 bits per heavy atom. The van der Waals surface area contributed by atoms with E-state index in [0.717, 1.165) is 45.1 Å². The van der Waals surface area contributed by atoms with Gasteiger partial charge < -0.3 is 9.80 Å². The molecule has 1 amide bonds. The SMILES string of the molecule is Cc1ccc2c(c1)CCCN2CC(=O)N(C1CCCC1)[C@H]1CCS(=O)(=O)C1. The van der Waals surface area contributed by atoms with Gasteiger partial charge >= 0.3 is 0 Å². The van der Waals surface area contributed by atoms with Crippen molar-refractivity contribution in [3.05, 3.63) is 29.3 Å². The van der Waals surface area contributed by atoms with Gasteiger partial charge in [0.05, 0.1) is 18.1 Å². The normalized spacial score (nSPS) is 24.8. The van der Waals surface area contributed by atoms with Crippen molar-refractivity contribution in [3.8, 4) is 0 Å². The minimum atomic E-state index is -3.00. The molecule has 0 N–H and O–H groups in total. The zero-order chi connectivity index (χ0) is 19.0. The molecule has 3 aliphatic rings. The summed E-state index contributed by atoms with van der Waals surface area (Å²) in [7, 11) is -3.00. The Kier molecular flexibility index (Phi) is 5.19. The summed E-state index contributed by atoms with van der Waals surface area (Å²) in [6.07, 6.45) is 7.02. The molecule has 0 unspecified atom stereocenters. The fraction of sp³-hybridized carbons (Fsp3) is 0.667. The number of aryl methyl sites for hydroxylation is 2. The van der Waals surface area contributed by atoms with Gasteiger partial charge in [0.2, 0.25) is 5.91 Å². The molecule has 2 heterocycles. The smallest absolute Gasteiger partial charge is 0.242 e. The predicted octanol–water partition coefficient (Wildman–Crippen LogP) is 2.71. The van der Waals surface area contributed by atoms with E-state index in [-0.39, 0.29) is 29.5 Å². The minimum Gasteiger partial charge on any atom is -0.362 e. The van der Waals surface area contributed by atoms with Crippen LogP contribution in [0.5, 0.6) is 0 Å². The third kappa shape index (κ3) is 4.00. The van der Waals surface area contributed by atoms with E-state index >= 15 is 0 Å². The molecule has 1 aliphatic carbocycles. The summed E-state index contributed by atoms with van der Waals surface area (Å²) < 4.78 is 24.0.